The Morgan fingerprint density at radius 3 is 2.38 bits per heavy atom. The van der Waals surface area contributed by atoms with Crippen molar-refractivity contribution in [2.24, 2.45) is 0 Å². The Bertz CT molecular complexity index is 765. The van der Waals surface area contributed by atoms with Crippen LogP contribution >= 0.6 is 0 Å². The van der Waals surface area contributed by atoms with E-state index in [0.717, 1.165) is 32.1 Å². The molecular weight excluding hydrogens is 338 g/mol. The van der Waals surface area contributed by atoms with Crippen LogP contribution in [-0.2, 0) is 14.3 Å². The van der Waals surface area contributed by atoms with E-state index in [0.29, 0.717) is 5.56 Å². The molecule has 0 bridgehead atoms. The van der Waals surface area contributed by atoms with Gasteiger partial charge in [-0.3, -0.25) is 14.5 Å². The highest BCUT2D eigenvalue weighted by Crippen LogP contribution is 2.31. The van der Waals surface area contributed by atoms with Crippen LogP contribution in [0.1, 0.15) is 70.1 Å². The summed E-state index contributed by atoms with van der Waals surface area (Å²) in [5.74, 6) is -2.09. The number of rotatable bonds is 4. The minimum absolute atomic E-state index is 0.0779. The van der Waals surface area contributed by atoms with Crippen molar-refractivity contribution >= 4 is 23.8 Å². The average molecular weight is 359 g/mol. The molecule has 1 aromatic rings. The fourth-order valence-corrected chi connectivity index (χ4v) is 3.50. The summed E-state index contributed by atoms with van der Waals surface area (Å²) in [6.45, 7) is 1.40. The van der Waals surface area contributed by atoms with Gasteiger partial charge in [0, 0.05) is 6.04 Å². The molecule has 1 saturated carbocycles. The molecule has 7 heteroatoms. The lowest BCUT2D eigenvalue weighted by Crippen LogP contribution is -2.40. The van der Waals surface area contributed by atoms with Crippen LogP contribution in [0.5, 0.6) is 0 Å². The zero-order valence-corrected chi connectivity index (χ0v) is 14.8. The van der Waals surface area contributed by atoms with Gasteiger partial charge < -0.3 is 9.47 Å². The van der Waals surface area contributed by atoms with Crippen molar-refractivity contribution in [3.63, 3.8) is 0 Å². The third-order valence-electron chi connectivity index (χ3n) is 4.91. The highest BCUT2D eigenvalue weighted by Gasteiger charge is 2.40. The van der Waals surface area contributed by atoms with Gasteiger partial charge in [0.15, 0.2) is 6.10 Å². The molecule has 0 N–H and O–H groups in total. The van der Waals surface area contributed by atoms with Crippen LogP contribution in [0.4, 0.5) is 0 Å². The normalized spacial score (nSPS) is 18.5. The summed E-state index contributed by atoms with van der Waals surface area (Å²) < 4.78 is 9.54. The lowest BCUT2D eigenvalue weighted by molar-refractivity contribution is -0.149. The van der Waals surface area contributed by atoms with E-state index in [1.165, 1.54) is 37.1 Å². The second kappa shape index (κ2) is 7.27. The van der Waals surface area contributed by atoms with E-state index in [9.17, 15) is 19.2 Å². The van der Waals surface area contributed by atoms with Gasteiger partial charge in [0.25, 0.3) is 11.8 Å². The number of fused-ring (bicyclic) bond motifs is 1. The molecule has 26 heavy (non-hydrogen) atoms. The van der Waals surface area contributed by atoms with Gasteiger partial charge in [-0.15, -0.1) is 0 Å². The Hall–Kier alpha value is -2.70. The van der Waals surface area contributed by atoms with Gasteiger partial charge in [0.2, 0.25) is 0 Å². The van der Waals surface area contributed by atoms with Gasteiger partial charge >= 0.3 is 11.9 Å². The molecule has 1 fully saturated rings. The van der Waals surface area contributed by atoms with Gasteiger partial charge in [0.1, 0.15) is 0 Å². The first-order chi connectivity index (χ1) is 12.4. The molecule has 2 aliphatic rings. The van der Waals surface area contributed by atoms with Gasteiger partial charge in [-0.1, -0.05) is 19.3 Å². The number of methoxy groups -OCH3 is 1. The topological polar surface area (TPSA) is 90.0 Å². The predicted octanol–water partition coefficient (Wildman–Crippen LogP) is 2.33. The number of benzene rings is 1. The molecule has 1 aliphatic heterocycles. The van der Waals surface area contributed by atoms with E-state index in [2.05, 4.69) is 4.74 Å². The fourth-order valence-electron chi connectivity index (χ4n) is 3.50. The van der Waals surface area contributed by atoms with Crippen LogP contribution in [0.3, 0.4) is 0 Å². The van der Waals surface area contributed by atoms with Crippen molar-refractivity contribution in [1.29, 1.82) is 0 Å². The maximum atomic E-state index is 12.7. The number of hydrogen-bond donors (Lipinski definition) is 0. The summed E-state index contributed by atoms with van der Waals surface area (Å²) in [5.41, 5.74) is 0.630. The number of imide groups is 1. The van der Waals surface area contributed by atoms with Gasteiger partial charge in [0.05, 0.1) is 23.8 Å². The number of carbonyl (C=O) groups excluding carboxylic acids is 4. The van der Waals surface area contributed by atoms with Gasteiger partial charge in [-0.2, -0.15) is 0 Å². The molecule has 1 aromatic carbocycles. The lowest BCUT2D eigenvalue weighted by atomic mass is 9.94. The van der Waals surface area contributed by atoms with E-state index >= 15 is 0 Å². The van der Waals surface area contributed by atoms with Crippen LogP contribution < -0.4 is 0 Å². The molecule has 1 atom stereocenters. The van der Waals surface area contributed by atoms with E-state index in [1.54, 1.807) is 0 Å². The second-order valence-corrected chi connectivity index (χ2v) is 6.60. The largest absolute Gasteiger partial charge is 0.466 e. The van der Waals surface area contributed by atoms with E-state index in [1.807, 2.05) is 0 Å². The molecule has 1 unspecified atom stereocenters. The van der Waals surface area contributed by atoms with E-state index < -0.39 is 18.0 Å². The van der Waals surface area contributed by atoms with Crippen molar-refractivity contribution in [3.05, 3.63) is 34.9 Å². The number of hydrogen-bond acceptors (Lipinski definition) is 6. The molecule has 3 rings (SSSR count). The SMILES string of the molecule is COC(=O)C(C)OC(=O)c1ccc2c(c1)C(=O)N(C1CCCCC1)C2=O. The summed E-state index contributed by atoms with van der Waals surface area (Å²) in [5, 5.41) is 0. The van der Waals surface area contributed by atoms with E-state index in [4.69, 9.17) is 4.74 Å². The number of nitrogens with zero attached hydrogens (tertiary/aromatic N) is 1. The van der Waals surface area contributed by atoms with Crippen LogP contribution in [0.25, 0.3) is 0 Å². The lowest BCUT2D eigenvalue weighted by Gasteiger charge is -2.29. The van der Waals surface area contributed by atoms with Crippen LogP contribution in [0.2, 0.25) is 0 Å². The third kappa shape index (κ3) is 3.21. The Labute approximate surface area is 151 Å². The summed E-state index contributed by atoms with van der Waals surface area (Å²) >= 11 is 0. The summed E-state index contributed by atoms with van der Waals surface area (Å²) in [6.07, 6.45) is 3.70. The molecule has 0 saturated heterocycles. The number of amides is 2. The Morgan fingerprint density at radius 1 is 1.08 bits per heavy atom. The van der Waals surface area contributed by atoms with Crippen LogP contribution in [0, 0.1) is 0 Å². The van der Waals surface area contributed by atoms with Crippen molar-refractivity contribution in [2.75, 3.05) is 7.11 Å². The van der Waals surface area contributed by atoms with Crippen LogP contribution in [0.15, 0.2) is 18.2 Å². The number of carbonyl (C=O) groups is 4. The first kappa shape index (κ1) is 18.1. The van der Waals surface area contributed by atoms with Gasteiger partial charge in [-0.25, -0.2) is 9.59 Å². The quantitative estimate of drug-likeness (QED) is 0.605. The highest BCUT2D eigenvalue weighted by molar-refractivity contribution is 6.22. The Morgan fingerprint density at radius 2 is 1.73 bits per heavy atom. The molecule has 1 heterocycles. The maximum Gasteiger partial charge on any atom is 0.346 e. The highest BCUT2D eigenvalue weighted by atomic mass is 16.6. The smallest absolute Gasteiger partial charge is 0.346 e. The minimum atomic E-state index is -1.06. The molecule has 0 aromatic heterocycles. The van der Waals surface area contributed by atoms with Gasteiger partial charge in [-0.05, 0) is 38.0 Å². The second-order valence-electron chi connectivity index (χ2n) is 6.60. The zero-order valence-electron chi connectivity index (χ0n) is 14.8. The summed E-state index contributed by atoms with van der Waals surface area (Å²) in [4.78, 5) is 50.3. The van der Waals surface area contributed by atoms with Crippen molar-refractivity contribution in [2.45, 2.75) is 51.2 Å². The number of ether oxygens (including phenoxy) is 2. The molecular formula is C19H21NO6. The Balaban J connectivity index is 1.81. The average Bonchev–Trinajstić information content (AvgIpc) is 2.91. The van der Waals surface area contributed by atoms with E-state index in [-0.39, 0.29) is 29.0 Å². The summed E-state index contributed by atoms with van der Waals surface area (Å²) in [7, 11) is 1.20. The summed E-state index contributed by atoms with van der Waals surface area (Å²) in [6, 6.07) is 4.19. The Kier molecular flexibility index (Phi) is 5.06. The maximum absolute atomic E-state index is 12.7. The molecule has 2 amide bonds. The minimum Gasteiger partial charge on any atom is -0.466 e. The molecule has 7 nitrogen and oxygen atoms in total. The van der Waals surface area contributed by atoms with Crippen molar-refractivity contribution in [3.8, 4) is 0 Å². The first-order valence-electron chi connectivity index (χ1n) is 8.74. The monoisotopic (exact) mass is 359 g/mol. The molecule has 0 radical (unpaired) electrons. The van der Waals surface area contributed by atoms with Crippen LogP contribution in [-0.4, -0.2) is 47.9 Å². The fraction of sp³-hybridized carbons (Fsp3) is 0.474. The molecule has 138 valence electrons. The molecule has 0 spiro atoms. The third-order valence-corrected chi connectivity index (χ3v) is 4.91. The predicted molar refractivity (Wildman–Crippen MR) is 90.7 cm³/mol. The molecule has 1 aliphatic carbocycles. The van der Waals surface area contributed by atoms with Crippen molar-refractivity contribution < 1.29 is 28.7 Å². The standard InChI is InChI=1S/C19H21NO6/c1-11(18(23)25-2)26-19(24)12-8-9-14-15(10-12)17(22)20(16(14)21)13-6-4-3-5-7-13/h8-11,13H,3-7H2,1-2H3. The zero-order chi connectivity index (χ0) is 18.8. The number of esters is 2. The van der Waals surface area contributed by atoms with Crippen molar-refractivity contribution in [1.82, 2.24) is 4.90 Å². The first-order valence-corrected chi connectivity index (χ1v) is 8.74.